The van der Waals surface area contributed by atoms with Gasteiger partial charge in [-0.1, -0.05) is 42.5 Å². The molecule has 0 saturated carbocycles. The fourth-order valence-corrected chi connectivity index (χ4v) is 2.85. The van der Waals surface area contributed by atoms with Crippen LogP contribution in [-0.4, -0.2) is 26.9 Å². The molecule has 0 bridgehead atoms. The summed E-state index contributed by atoms with van der Waals surface area (Å²) in [5.41, 5.74) is 2.38. The van der Waals surface area contributed by atoms with Crippen LogP contribution in [-0.2, 0) is 16.4 Å². The molecule has 2 rings (SSSR count). The number of hydrogen-bond donors (Lipinski definition) is 1. The predicted molar refractivity (Wildman–Crippen MR) is 89.0 cm³/mol. The zero-order valence-electron chi connectivity index (χ0n) is 12.9. The van der Waals surface area contributed by atoms with Crippen molar-refractivity contribution in [2.45, 2.75) is 24.3 Å². The number of nitrogens with zero attached hydrogens (tertiary/aromatic N) is 1. The molecule has 0 heterocycles. The Bertz CT molecular complexity index is 697. The monoisotopic (exact) mass is 318 g/mol. The van der Waals surface area contributed by atoms with Crippen molar-refractivity contribution in [3.63, 3.8) is 0 Å². The van der Waals surface area contributed by atoms with Crippen LogP contribution >= 0.6 is 0 Å². The minimum absolute atomic E-state index is 0.149. The van der Waals surface area contributed by atoms with Crippen molar-refractivity contribution < 1.29 is 8.42 Å². The molecule has 2 aromatic rings. The van der Waals surface area contributed by atoms with E-state index >= 15 is 0 Å². The number of hydrogen-bond acceptors (Lipinski definition) is 3. The number of nitrogens with two attached hydrogens (primary N) is 1. The van der Waals surface area contributed by atoms with Crippen LogP contribution in [0.15, 0.2) is 59.5 Å². The van der Waals surface area contributed by atoms with Crippen molar-refractivity contribution in [1.82, 2.24) is 4.90 Å². The van der Waals surface area contributed by atoms with E-state index in [4.69, 9.17) is 5.14 Å². The molecular weight excluding hydrogens is 296 g/mol. The normalized spacial score (nSPS) is 13.3. The van der Waals surface area contributed by atoms with Crippen LogP contribution in [0.4, 0.5) is 0 Å². The van der Waals surface area contributed by atoms with Gasteiger partial charge >= 0.3 is 0 Å². The SMILES string of the molecule is CC(c1ccc(S(N)(=O)=O)cc1)N(C)CCc1ccccc1. The maximum atomic E-state index is 11.3. The van der Waals surface area contributed by atoms with Crippen LogP contribution in [0.2, 0.25) is 0 Å². The fourth-order valence-electron chi connectivity index (χ4n) is 2.33. The molecule has 118 valence electrons. The first-order chi connectivity index (χ1) is 10.4. The van der Waals surface area contributed by atoms with Gasteiger partial charge in [0.25, 0.3) is 0 Å². The third-order valence-electron chi connectivity index (χ3n) is 3.95. The van der Waals surface area contributed by atoms with Gasteiger partial charge in [0.05, 0.1) is 4.90 Å². The zero-order valence-corrected chi connectivity index (χ0v) is 13.8. The number of sulfonamides is 1. The minimum atomic E-state index is -3.63. The highest BCUT2D eigenvalue weighted by Gasteiger charge is 2.13. The van der Waals surface area contributed by atoms with Crippen molar-refractivity contribution in [3.8, 4) is 0 Å². The highest BCUT2D eigenvalue weighted by atomic mass is 32.2. The lowest BCUT2D eigenvalue weighted by Gasteiger charge is -2.25. The predicted octanol–water partition coefficient (Wildman–Crippen LogP) is 2.57. The second-order valence-corrected chi connectivity index (χ2v) is 7.07. The van der Waals surface area contributed by atoms with Crippen LogP contribution in [0.5, 0.6) is 0 Å². The number of likely N-dealkylation sites (N-methyl/N-ethyl adjacent to an activating group) is 1. The van der Waals surface area contributed by atoms with Crippen molar-refractivity contribution >= 4 is 10.0 Å². The van der Waals surface area contributed by atoms with Gasteiger partial charge in [0.2, 0.25) is 10.0 Å². The summed E-state index contributed by atoms with van der Waals surface area (Å²) >= 11 is 0. The number of primary sulfonamides is 1. The van der Waals surface area contributed by atoms with E-state index in [1.807, 2.05) is 30.3 Å². The van der Waals surface area contributed by atoms with Crippen LogP contribution in [0.3, 0.4) is 0 Å². The van der Waals surface area contributed by atoms with E-state index in [2.05, 4.69) is 31.0 Å². The van der Waals surface area contributed by atoms with Gasteiger partial charge in [-0.2, -0.15) is 0 Å². The highest BCUT2D eigenvalue weighted by molar-refractivity contribution is 7.89. The zero-order chi connectivity index (χ0) is 16.2. The minimum Gasteiger partial charge on any atom is -0.299 e. The third kappa shape index (κ3) is 4.40. The van der Waals surface area contributed by atoms with Gasteiger partial charge in [0.1, 0.15) is 0 Å². The van der Waals surface area contributed by atoms with Crippen LogP contribution in [0.25, 0.3) is 0 Å². The summed E-state index contributed by atoms with van der Waals surface area (Å²) in [6, 6.07) is 17.3. The summed E-state index contributed by atoms with van der Waals surface area (Å²) in [5.74, 6) is 0. The van der Waals surface area contributed by atoms with Crippen LogP contribution in [0, 0.1) is 0 Å². The molecule has 0 aliphatic rings. The van der Waals surface area contributed by atoms with Crippen molar-refractivity contribution in [2.75, 3.05) is 13.6 Å². The fraction of sp³-hybridized carbons (Fsp3) is 0.294. The average Bonchev–Trinajstić information content (AvgIpc) is 2.52. The lowest BCUT2D eigenvalue weighted by molar-refractivity contribution is 0.265. The van der Waals surface area contributed by atoms with Gasteiger partial charge in [-0.05, 0) is 43.7 Å². The molecule has 0 fully saturated rings. The largest absolute Gasteiger partial charge is 0.299 e. The average molecular weight is 318 g/mol. The molecule has 2 N–H and O–H groups in total. The molecule has 0 aliphatic heterocycles. The standard InChI is InChI=1S/C17H22N2O2S/c1-14(16-8-10-17(11-9-16)22(18,20)21)19(2)13-12-15-6-4-3-5-7-15/h3-11,14H,12-13H2,1-2H3,(H2,18,20,21). The molecule has 1 atom stereocenters. The first-order valence-electron chi connectivity index (χ1n) is 7.25. The first kappa shape index (κ1) is 16.7. The second kappa shape index (κ2) is 7.05. The van der Waals surface area contributed by atoms with Crippen molar-refractivity contribution in [1.29, 1.82) is 0 Å². The molecule has 22 heavy (non-hydrogen) atoms. The van der Waals surface area contributed by atoms with E-state index < -0.39 is 10.0 Å². The van der Waals surface area contributed by atoms with Gasteiger partial charge in [-0.15, -0.1) is 0 Å². The smallest absolute Gasteiger partial charge is 0.238 e. The summed E-state index contributed by atoms with van der Waals surface area (Å²) in [7, 11) is -1.55. The molecule has 1 unspecified atom stereocenters. The summed E-state index contributed by atoms with van der Waals surface area (Å²) in [4.78, 5) is 2.40. The summed E-state index contributed by atoms with van der Waals surface area (Å²) < 4.78 is 22.5. The van der Waals surface area contributed by atoms with E-state index in [9.17, 15) is 8.42 Å². The summed E-state index contributed by atoms with van der Waals surface area (Å²) in [5, 5.41) is 5.12. The highest BCUT2D eigenvalue weighted by Crippen LogP contribution is 2.20. The number of benzene rings is 2. The Kier molecular flexibility index (Phi) is 5.34. The molecule has 0 saturated heterocycles. The van der Waals surface area contributed by atoms with Gasteiger partial charge in [0, 0.05) is 12.6 Å². The van der Waals surface area contributed by atoms with Gasteiger partial charge in [-0.3, -0.25) is 4.90 Å². The van der Waals surface area contributed by atoms with Crippen LogP contribution < -0.4 is 5.14 Å². The molecule has 2 aromatic carbocycles. The molecule has 0 aliphatic carbocycles. The van der Waals surface area contributed by atoms with Crippen LogP contribution in [0.1, 0.15) is 24.1 Å². The van der Waals surface area contributed by atoms with E-state index in [0.29, 0.717) is 0 Å². The lowest BCUT2D eigenvalue weighted by Crippen LogP contribution is -2.25. The molecular formula is C17H22N2O2S. The van der Waals surface area contributed by atoms with Gasteiger partial charge in [0.15, 0.2) is 0 Å². The van der Waals surface area contributed by atoms with E-state index in [-0.39, 0.29) is 10.9 Å². The van der Waals surface area contributed by atoms with Crippen molar-refractivity contribution in [2.24, 2.45) is 5.14 Å². The van der Waals surface area contributed by atoms with Gasteiger partial charge < -0.3 is 0 Å². The molecule has 0 spiro atoms. The Morgan fingerprint density at radius 3 is 2.18 bits per heavy atom. The van der Waals surface area contributed by atoms with Gasteiger partial charge in [-0.25, -0.2) is 13.6 Å². The molecule has 0 amide bonds. The van der Waals surface area contributed by atoms with E-state index in [1.165, 1.54) is 5.56 Å². The Hall–Kier alpha value is -1.69. The lowest BCUT2D eigenvalue weighted by atomic mass is 10.1. The molecule has 0 aromatic heterocycles. The molecule has 4 nitrogen and oxygen atoms in total. The summed E-state index contributed by atoms with van der Waals surface area (Å²) in [6.45, 7) is 3.04. The van der Waals surface area contributed by atoms with E-state index in [1.54, 1.807) is 12.1 Å². The Morgan fingerprint density at radius 1 is 1.05 bits per heavy atom. The number of rotatable bonds is 6. The van der Waals surface area contributed by atoms with Crippen molar-refractivity contribution in [3.05, 3.63) is 65.7 Å². The first-order valence-corrected chi connectivity index (χ1v) is 8.79. The Balaban J connectivity index is 1.99. The second-order valence-electron chi connectivity index (χ2n) is 5.51. The molecule has 0 radical (unpaired) electrons. The topological polar surface area (TPSA) is 63.4 Å². The Labute approximate surface area is 132 Å². The quantitative estimate of drug-likeness (QED) is 0.890. The third-order valence-corrected chi connectivity index (χ3v) is 4.88. The molecule has 5 heteroatoms. The maximum absolute atomic E-state index is 11.3. The summed E-state index contributed by atoms with van der Waals surface area (Å²) in [6.07, 6.45) is 0.983. The maximum Gasteiger partial charge on any atom is 0.238 e. The Morgan fingerprint density at radius 2 is 1.64 bits per heavy atom. The van der Waals surface area contributed by atoms with E-state index in [0.717, 1.165) is 18.5 Å².